The summed E-state index contributed by atoms with van der Waals surface area (Å²) in [6.45, 7) is 0. The number of hydrogen-bond acceptors (Lipinski definition) is 4. The summed E-state index contributed by atoms with van der Waals surface area (Å²) in [7, 11) is 1.00. The number of aldehydes is 1. The lowest BCUT2D eigenvalue weighted by Crippen LogP contribution is -2.12. The molecule has 1 aromatic rings. The van der Waals surface area contributed by atoms with Gasteiger partial charge in [0.25, 0.3) is 0 Å². The zero-order valence-electron chi connectivity index (χ0n) is 8.04. The standard InChI is InChI=1S/C9H6F3NO3/c1-16-8(15)7-3-5(9(10,11)12)2-6(4-14)13-7/h2-4H,1H3. The Morgan fingerprint density at radius 2 is 2.06 bits per heavy atom. The lowest BCUT2D eigenvalue weighted by atomic mass is 10.2. The Bertz CT molecular complexity index is 428. The molecule has 0 aliphatic rings. The number of ether oxygens (including phenoxy) is 1. The van der Waals surface area contributed by atoms with Gasteiger partial charge in [-0.2, -0.15) is 13.2 Å². The van der Waals surface area contributed by atoms with Crippen molar-refractivity contribution in [3.05, 3.63) is 29.1 Å². The molecule has 7 heteroatoms. The largest absolute Gasteiger partial charge is 0.464 e. The van der Waals surface area contributed by atoms with E-state index >= 15 is 0 Å². The molecule has 0 aliphatic heterocycles. The zero-order chi connectivity index (χ0) is 12.3. The lowest BCUT2D eigenvalue weighted by molar-refractivity contribution is -0.137. The molecule has 0 amide bonds. The van der Waals surface area contributed by atoms with Crippen LogP contribution in [-0.4, -0.2) is 24.3 Å². The number of halogens is 3. The van der Waals surface area contributed by atoms with Gasteiger partial charge < -0.3 is 4.74 Å². The Balaban J connectivity index is 3.32. The minimum absolute atomic E-state index is 0.127. The van der Waals surface area contributed by atoms with Gasteiger partial charge in [-0.15, -0.1) is 0 Å². The first-order valence-electron chi connectivity index (χ1n) is 4.01. The fourth-order valence-corrected chi connectivity index (χ4v) is 0.985. The molecule has 0 unspecified atom stereocenters. The summed E-state index contributed by atoms with van der Waals surface area (Å²) >= 11 is 0. The van der Waals surface area contributed by atoms with Gasteiger partial charge in [-0.25, -0.2) is 9.78 Å². The molecular formula is C9H6F3NO3. The lowest BCUT2D eigenvalue weighted by Gasteiger charge is -2.08. The van der Waals surface area contributed by atoms with Crippen LogP contribution in [0.5, 0.6) is 0 Å². The first kappa shape index (κ1) is 12.2. The predicted molar refractivity (Wildman–Crippen MR) is 46.0 cm³/mol. The summed E-state index contributed by atoms with van der Waals surface area (Å²) < 4.78 is 41.3. The molecule has 86 valence electrons. The monoisotopic (exact) mass is 233 g/mol. The molecule has 1 rings (SSSR count). The number of pyridine rings is 1. The summed E-state index contributed by atoms with van der Waals surface area (Å²) in [5.74, 6) is -1.03. The first-order chi connectivity index (χ1) is 7.38. The number of carbonyl (C=O) groups excluding carboxylic acids is 2. The molecule has 0 bridgehead atoms. The number of esters is 1. The average Bonchev–Trinajstić information content (AvgIpc) is 2.26. The average molecular weight is 233 g/mol. The topological polar surface area (TPSA) is 56.3 Å². The van der Waals surface area contributed by atoms with Crippen LogP contribution in [0.3, 0.4) is 0 Å². The summed E-state index contributed by atoms with van der Waals surface area (Å²) in [5.41, 5.74) is -2.15. The fourth-order valence-electron chi connectivity index (χ4n) is 0.985. The van der Waals surface area contributed by atoms with E-state index in [0.29, 0.717) is 12.1 Å². The van der Waals surface area contributed by atoms with Crippen molar-refractivity contribution in [3.63, 3.8) is 0 Å². The maximum Gasteiger partial charge on any atom is 0.416 e. The molecule has 16 heavy (non-hydrogen) atoms. The second-order valence-corrected chi connectivity index (χ2v) is 2.77. The van der Waals surface area contributed by atoms with Crippen molar-refractivity contribution < 1.29 is 27.5 Å². The molecule has 0 aliphatic carbocycles. The number of rotatable bonds is 2. The molecule has 0 radical (unpaired) electrons. The van der Waals surface area contributed by atoms with Crippen LogP contribution in [0.4, 0.5) is 13.2 Å². The van der Waals surface area contributed by atoms with E-state index in [1.165, 1.54) is 0 Å². The highest BCUT2D eigenvalue weighted by atomic mass is 19.4. The van der Waals surface area contributed by atoms with Crippen LogP contribution in [0.25, 0.3) is 0 Å². The van der Waals surface area contributed by atoms with Crippen molar-refractivity contribution in [2.24, 2.45) is 0 Å². The Labute approximate surface area is 88.0 Å². The van der Waals surface area contributed by atoms with Crippen molar-refractivity contribution in [3.8, 4) is 0 Å². The summed E-state index contributed by atoms with van der Waals surface area (Å²) in [4.78, 5) is 24.8. The molecule has 0 spiro atoms. The molecule has 0 saturated heterocycles. The van der Waals surface area contributed by atoms with E-state index in [2.05, 4.69) is 9.72 Å². The third-order valence-corrected chi connectivity index (χ3v) is 1.69. The van der Waals surface area contributed by atoms with Crippen LogP contribution in [0.1, 0.15) is 26.5 Å². The highest BCUT2D eigenvalue weighted by Crippen LogP contribution is 2.29. The van der Waals surface area contributed by atoms with E-state index in [-0.39, 0.29) is 6.29 Å². The Morgan fingerprint density at radius 1 is 1.44 bits per heavy atom. The quantitative estimate of drug-likeness (QED) is 0.576. The Kier molecular flexibility index (Phi) is 3.26. The highest BCUT2D eigenvalue weighted by molar-refractivity contribution is 5.88. The second-order valence-electron chi connectivity index (χ2n) is 2.77. The molecular weight excluding hydrogens is 227 g/mol. The van der Waals surface area contributed by atoms with Gasteiger partial charge in [-0.05, 0) is 12.1 Å². The van der Waals surface area contributed by atoms with Crippen LogP contribution < -0.4 is 0 Å². The van der Waals surface area contributed by atoms with Crippen LogP contribution in [0.15, 0.2) is 12.1 Å². The van der Waals surface area contributed by atoms with Crippen molar-refractivity contribution in [1.82, 2.24) is 4.98 Å². The van der Waals surface area contributed by atoms with Gasteiger partial charge in [0.15, 0.2) is 6.29 Å². The molecule has 0 aromatic carbocycles. The van der Waals surface area contributed by atoms with E-state index in [9.17, 15) is 22.8 Å². The maximum atomic E-state index is 12.4. The molecule has 1 heterocycles. The van der Waals surface area contributed by atoms with Gasteiger partial charge in [0.2, 0.25) is 0 Å². The summed E-state index contributed by atoms with van der Waals surface area (Å²) in [6.07, 6.45) is -4.52. The third kappa shape index (κ3) is 2.56. The first-order valence-corrected chi connectivity index (χ1v) is 4.01. The van der Waals surface area contributed by atoms with Gasteiger partial charge in [-0.3, -0.25) is 4.79 Å². The van der Waals surface area contributed by atoms with Crippen LogP contribution in [0, 0.1) is 0 Å². The normalized spacial score (nSPS) is 11.0. The number of carbonyl (C=O) groups is 2. The molecule has 0 atom stereocenters. The molecule has 0 saturated carbocycles. The van der Waals surface area contributed by atoms with Crippen LogP contribution in [-0.2, 0) is 10.9 Å². The zero-order valence-corrected chi connectivity index (χ0v) is 8.04. The third-order valence-electron chi connectivity index (χ3n) is 1.69. The number of alkyl halides is 3. The molecule has 0 fully saturated rings. The Morgan fingerprint density at radius 3 is 2.50 bits per heavy atom. The highest BCUT2D eigenvalue weighted by Gasteiger charge is 2.32. The maximum absolute atomic E-state index is 12.4. The predicted octanol–water partition coefficient (Wildman–Crippen LogP) is 1.70. The van der Waals surface area contributed by atoms with Crippen LogP contribution in [0.2, 0.25) is 0 Å². The van der Waals surface area contributed by atoms with Gasteiger partial charge in [0.1, 0.15) is 11.4 Å². The smallest absolute Gasteiger partial charge is 0.416 e. The minimum atomic E-state index is -4.65. The summed E-state index contributed by atoms with van der Waals surface area (Å²) in [6, 6.07) is 1.08. The molecule has 1 aromatic heterocycles. The van der Waals surface area contributed by atoms with E-state index in [1.807, 2.05) is 0 Å². The van der Waals surface area contributed by atoms with Crippen molar-refractivity contribution in [2.75, 3.05) is 7.11 Å². The fraction of sp³-hybridized carbons (Fsp3) is 0.222. The SMILES string of the molecule is COC(=O)c1cc(C(F)(F)F)cc(C=O)n1. The molecule has 0 N–H and O–H groups in total. The van der Waals surface area contributed by atoms with E-state index < -0.39 is 29.1 Å². The van der Waals surface area contributed by atoms with Gasteiger partial charge >= 0.3 is 12.1 Å². The Hall–Kier alpha value is -1.92. The molecule has 4 nitrogen and oxygen atoms in total. The minimum Gasteiger partial charge on any atom is -0.464 e. The van der Waals surface area contributed by atoms with Crippen molar-refractivity contribution in [1.29, 1.82) is 0 Å². The second kappa shape index (κ2) is 4.30. The van der Waals surface area contributed by atoms with Crippen molar-refractivity contribution >= 4 is 12.3 Å². The van der Waals surface area contributed by atoms with Gasteiger partial charge in [0, 0.05) is 0 Å². The summed E-state index contributed by atoms with van der Waals surface area (Å²) in [5, 5.41) is 0. The van der Waals surface area contributed by atoms with E-state index in [1.54, 1.807) is 0 Å². The van der Waals surface area contributed by atoms with E-state index in [0.717, 1.165) is 7.11 Å². The number of nitrogens with zero attached hydrogens (tertiary/aromatic N) is 1. The van der Waals surface area contributed by atoms with Crippen molar-refractivity contribution in [2.45, 2.75) is 6.18 Å². The number of aromatic nitrogens is 1. The number of hydrogen-bond donors (Lipinski definition) is 0. The number of methoxy groups -OCH3 is 1. The van der Waals surface area contributed by atoms with Gasteiger partial charge in [0.05, 0.1) is 12.7 Å². The van der Waals surface area contributed by atoms with Crippen LogP contribution >= 0.6 is 0 Å². The van der Waals surface area contributed by atoms with Gasteiger partial charge in [-0.1, -0.05) is 0 Å². The van der Waals surface area contributed by atoms with E-state index in [4.69, 9.17) is 0 Å².